The third-order valence-corrected chi connectivity index (χ3v) is 9.65. The highest BCUT2D eigenvalue weighted by Gasteiger charge is 2.31. The molecule has 0 spiro atoms. The summed E-state index contributed by atoms with van der Waals surface area (Å²) in [7, 11) is 9.94. The number of ether oxygens (including phenoxy) is 5. The molecule has 1 amide bonds. The fourth-order valence-electron chi connectivity index (χ4n) is 6.48. The van der Waals surface area contributed by atoms with Gasteiger partial charge in [-0.1, -0.05) is 12.1 Å². The Labute approximate surface area is 305 Å². The maximum Gasteiger partial charge on any atom is 0.338 e. The number of amides is 1. The van der Waals surface area contributed by atoms with Gasteiger partial charge >= 0.3 is 5.97 Å². The number of piperazine rings is 1. The number of rotatable bonds is 17. The van der Waals surface area contributed by atoms with Crippen LogP contribution in [0.4, 0.5) is 23.5 Å². The number of fused-ring (bicyclic) bond motifs is 1. The fraction of sp³-hybridized carbons (Fsp3) is 0.611. The zero-order chi connectivity index (χ0) is 37.2. The normalized spacial score (nSPS) is 15.4. The van der Waals surface area contributed by atoms with Crippen LogP contribution in [0.15, 0.2) is 18.2 Å². The predicted molar refractivity (Wildman–Crippen MR) is 199 cm³/mol. The van der Waals surface area contributed by atoms with Crippen LogP contribution in [0.25, 0.3) is 11.0 Å². The Morgan fingerprint density at radius 2 is 1.37 bits per heavy atom. The summed E-state index contributed by atoms with van der Waals surface area (Å²) in [5.41, 5.74) is 3.45. The van der Waals surface area contributed by atoms with E-state index in [0.717, 1.165) is 37.1 Å². The number of benzene rings is 1. The van der Waals surface area contributed by atoms with Crippen LogP contribution in [0.2, 0.25) is 0 Å². The predicted octanol–water partition coefficient (Wildman–Crippen LogP) is 2.16. The van der Waals surface area contributed by atoms with Gasteiger partial charge in [-0.25, -0.2) is 14.8 Å². The number of aromatic nitrogens is 4. The minimum atomic E-state index is -0.381. The average Bonchev–Trinajstić information content (AvgIpc) is 3.16. The quantitative estimate of drug-likeness (QED) is 0.187. The van der Waals surface area contributed by atoms with Crippen molar-refractivity contribution < 1.29 is 33.3 Å². The molecule has 4 heterocycles. The van der Waals surface area contributed by atoms with Crippen LogP contribution >= 0.6 is 0 Å². The second kappa shape index (κ2) is 18.4. The number of nitrogens with zero attached hydrogens (tertiary/aromatic N) is 9. The fourth-order valence-corrected chi connectivity index (χ4v) is 6.48. The Hall–Kier alpha value is -4.38. The molecule has 0 unspecified atom stereocenters. The molecule has 52 heavy (non-hydrogen) atoms. The molecular formula is C36H53N9O7. The molecule has 2 aromatic heterocycles. The van der Waals surface area contributed by atoms with Crippen LogP contribution in [0, 0.1) is 6.92 Å². The number of hydrogen-bond acceptors (Lipinski definition) is 15. The van der Waals surface area contributed by atoms with E-state index in [4.69, 9.17) is 43.6 Å². The molecule has 2 fully saturated rings. The maximum atomic E-state index is 13.1. The molecule has 0 N–H and O–H groups in total. The summed E-state index contributed by atoms with van der Waals surface area (Å²) in [6.45, 7) is 8.00. The summed E-state index contributed by atoms with van der Waals surface area (Å²) in [6, 6.07) is 5.67. The summed E-state index contributed by atoms with van der Waals surface area (Å²) < 4.78 is 27.1. The van der Waals surface area contributed by atoms with Gasteiger partial charge < -0.3 is 48.2 Å². The van der Waals surface area contributed by atoms with Crippen molar-refractivity contribution in [1.29, 1.82) is 0 Å². The molecule has 0 saturated carbocycles. The van der Waals surface area contributed by atoms with Gasteiger partial charge in [0, 0.05) is 87.8 Å². The zero-order valence-corrected chi connectivity index (χ0v) is 31.6. The molecule has 0 radical (unpaired) electrons. The van der Waals surface area contributed by atoms with E-state index < -0.39 is 0 Å². The number of carbonyl (C=O) groups is 2. The molecule has 284 valence electrons. The lowest BCUT2D eigenvalue weighted by atomic mass is 10.0. The lowest BCUT2D eigenvalue weighted by Crippen LogP contribution is -2.49. The maximum absolute atomic E-state index is 13.1. The first kappa shape index (κ1) is 38.8. The van der Waals surface area contributed by atoms with E-state index in [2.05, 4.69) is 14.7 Å². The van der Waals surface area contributed by atoms with Crippen molar-refractivity contribution in [3.8, 4) is 0 Å². The monoisotopic (exact) mass is 723 g/mol. The number of piperidine rings is 1. The van der Waals surface area contributed by atoms with Crippen LogP contribution in [0.1, 0.15) is 34.3 Å². The molecule has 0 bridgehead atoms. The van der Waals surface area contributed by atoms with E-state index in [1.54, 1.807) is 39.4 Å². The zero-order valence-electron chi connectivity index (χ0n) is 31.6. The lowest BCUT2D eigenvalue weighted by Gasteiger charge is -2.35. The van der Waals surface area contributed by atoms with Crippen molar-refractivity contribution in [2.24, 2.45) is 0 Å². The Kier molecular flexibility index (Phi) is 13.7. The van der Waals surface area contributed by atoms with E-state index in [9.17, 15) is 9.59 Å². The van der Waals surface area contributed by atoms with Crippen molar-refractivity contribution in [3.05, 3.63) is 34.9 Å². The van der Waals surface area contributed by atoms with Crippen molar-refractivity contribution in [1.82, 2.24) is 24.8 Å². The van der Waals surface area contributed by atoms with Gasteiger partial charge in [-0.2, -0.15) is 9.97 Å². The van der Waals surface area contributed by atoms with Crippen LogP contribution in [0.5, 0.6) is 0 Å². The second-order valence-electron chi connectivity index (χ2n) is 13.1. The highest BCUT2D eigenvalue weighted by atomic mass is 16.5. The van der Waals surface area contributed by atoms with Crippen molar-refractivity contribution in [2.75, 3.05) is 134 Å². The van der Waals surface area contributed by atoms with Gasteiger partial charge in [0.1, 0.15) is 11.0 Å². The van der Waals surface area contributed by atoms with Crippen LogP contribution in [-0.4, -0.2) is 158 Å². The number of anilines is 4. The lowest BCUT2D eigenvalue weighted by molar-refractivity contribution is -0.129. The van der Waals surface area contributed by atoms with Crippen LogP contribution < -0.4 is 19.6 Å². The number of hydrogen-bond donors (Lipinski definition) is 0. The Bertz CT molecular complexity index is 1660. The standard InChI is InChI=1S/C36H53N9O7/c1-25-22-26(8-9-28(25)34(47)52-7)23-45(18-21-50-5)36-38-30-31(33(40-36)44-15-14-41(2)29(46)24-44)37-35(43(16-19-48-3)17-20-49-4)39-32(30)42-12-10-27(51-6)11-13-42/h8-9,22,27H,10-21,23-24H2,1-7H3. The van der Waals surface area contributed by atoms with Crippen molar-refractivity contribution >= 4 is 46.4 Å². The van der Waals surface area contributed by atoms with Crippen molar-refractivity contribution in [3.63, 3.8) is 0 Å². The third kappa shape index (κ3) is 9.15. The Morgan fingerprint density at radius 3 is 1.90 bits per heavy atom. The molecule has 2 saturated heterocycles. The highest BCUT2D eigenvalue weighted by molar-refractivity contribution is 5.97. The molecule has 16 nitrogen and oxygen atoms in total. The van der Waals surface area contributed by atoms with E-state index in [-0.39, 0.29) is 24.5 Å². The molecule has 2 aliphatic heterocycles. The number of methoxy groups -OCH3 is 5. The number of carbonyl (C=O) groups excluding carboxylic acids is 2. The smallest absolute Gasteiger partial charge is 0.338 e. The van der Waals surface area contributed by atoms with Gasteiger partial charge in [-0.15, -0.1) is 0 Å². The van der Waals surface area contributed by atoms with Gasteiger partial charge in [-0.3, -0.25) is 4.79 Å². The Balaban J connectivity index is 1.70. The first-order valence-electron chi connectivity index (χ1n) is 17.7. The topological polar surface area (TPSA) is 148 Å². The molecule has 16 heteroatoms. The summed E-state index contributed by atoms with van der Waals surface area (Å²) in [5.74, 6) is 1.85. The molecule has 3 aromatic rings. The number of aryl methyl sites for hydroxylation is 1. The molecule has 2 aliphatic rings. The first-order chi connectivity index (χ1) is 25.2. The second-order valence-corrected chi connectivity index (χ2v) is 13.1. The van der Waals surface area contributed by atoms with Crippen LogP contribution in [-0.2, 0) is 35.0 Å². The SMILES string of the molecule is COCCN(Cc1ccc(C(=O)OC)c(C)c1)c1nc(N2CCN(C)C(=O)C2)c2nc(N(CCOC)CCOC)nc(N3CCC(OC)CC3)c2n1. The first-order valence-corrected chi connectivity index (χ1v) is 17.7. The summed E-state index contributed by atoms with van der Waals surface area (Å²) >= 11 is 0. The van der Waals surface area contributed by atoms with Crippen molar-refractivity contribution in [2.45, 2.75) is 32.4 Å². The summed E-state index contributed by atoms with van der Waals surface area (Å²) in [5, 5.41) is 0. The van der Waals surface area contributed by atoms with Gasteiger partial charge in [0.15, 0.2) is 11.6 Å². The van der Waals surface area contributed by atoms with Gasteiger partial charge in [0.25, 0.3) is 0 Å². The molecule has 0 atom stereocenters. The van der Waals surface area contributed by atoms with E-state index in [1.165, 1.54) is 7.11 Å². The minimum Gasteiger partial charge on any atom is -0.465 e. The largest absolute Gasteiger partial charge is 0.465 e. The van der Waals surface area contributed by atoms with Gasteiger partial charge in [0.05, 0.1) is 45.1 Å². The molecule has 5 rings (SSSR count). The average molecular weight is 724 g/mol. The number of esters is 1. The van der Waals surface area contributed by atoms with Gasteiger partial charge in [-0.05, 0) is 37.0 Å². The molecule has 0 aliphatic carbocycles. The number of likely N-dealkylation sites (N-methyl/N-ethyl adjacent to an activating group) is 1. The highest BCUT2D eigenvalue weighted by Crippen LogP contribution is 2.35. The summed E-state index contributed by atoms with van der Waals surface area (Å²) in [6.07, 6.45) is 1.85. The van der Waals surface area contributed by atoms with E-state index in [0.29, 0.717) is 99.2 Å². The van der Waals surface area contributed by atoms with E-state index >= 15 is 0 Å². The van der Waals surface area contributed by atoms with E-state index in [1.807, 2.05) is 31.0 Å². The van der Waals surface area contributed by atoms with Gasteiger partial charge in [0.2, 0.25) is 17.8 Å². The summed E-state index contributed by atoms with van der Waals surface area (Å²) in [4.78, 5) is 56.3. The molecule has 1 aromatic carbocycles. The molecular weight excluding hydrogens is 670 g/mol. The Morgan fingerprint density at radius 1 is 0.788 bits per heavy atom. The minimum absolute atomic E-state index is 0.00470. The third-order valence-electron chi connectivity index (χ3n) is 9.65. The van der Waals surface area contributed by atoms with Crippen LogP contribution in [0.3, 0.4) is 0 Å².